The van der Waals surface area contributed by atoms with Gasteiger partial charge < -0.3 is 14.5 Å². The van der Waals surface area contributed by atoms with Crippen molar-refractivity contribution in [3.63, 3.8) is 0 Å². The smallest absolute Gasteiger partial charge is 0.165 e. The van der Waals surface area contributed by atoms with Gasteiger partial charge >= 0.3 is 0 Å². The molecule has 2 aliphatic rings. The first-order chi connectivity index (χ1) is 14.2. The Hall–Kier alpha value is -3.10. The first-order valence-corrected chi connectivity index (χ1v) is 9.69. The lowest BCUT2D eigenvalue weighted by Crippen LogP contribution is -2.30. The number of hydrogen-bond donors (Lipinski definition) is 1. The Morgan fingerprint density at radius 2 is 2.00 bits per heavy atom. The van der Waals surface area contributed by atoms with E-state index in [4.69, 9.17) is 21.4 Å². The van der Waals surface area contributed by atoms with Gasteiger partial charge in [-0.3, -0.25) is 0 Å². The van der Waals surface area contributed by atoms with Crippen LogP contribution in [0.3, 0.4) is 0 Å². The van der Waals surface area contributed by atoms with Crippen molar-refractivity contribution in [2.24, 2.45) is 11.1 Å². The molecule has 3 aromatic heterocycles. The molecule has 1 aromatic carbocycles. The van der Waals surface area contributed by atoms with Crippen LogP contribution in [-0.2, 0) is 4.84 Å². The number of oxime groups is 1. The predicted octanol–water partition coefficient (Wildman–Crippen LogP) is 2.75. The molecule has 0 unspecified atom stereocenters. The quantitative estimate of drug-likeness (QED) is 0.514. The van der Waals surface area contributed by atoms with Crippen LogP contribution in [0.4, 0.5) is 0 Å². The highest BCUT2D eigenvalue weighted by Crippen LogP contribution is 2.43. The maximum Gasteiger partial charge on any atom is 0.165 e. The summed E-state index contributed by atoms with van der Waals surface area (Å²) in [5.74, 6) is -0.275. The fourth-order valence-electron chi connectivity index (χ4n) is 4.40. The zero-order valence-electron chi connectivity index (χ0n) is 15.1. The summed E-state index contributed by atoms with van der Waals surface area (Å²) >= 11 is 6.13. The SMILES string of the molecule is O[C@H]1C[C@@H](n2cnc3c(Cl)ncnc32)[C@@H]2ON=C(c3ccc4ccccc4n3)[C@@H]21. The summed E-state index contributed by atoms with van der Waals surface area (Å²) in [5, 5.41) is 16.5. The molecule has 0 amide bonds. The molecular weight excluding hydrogens is 392 g/mol. The summed E-state index contributed by atoms with van der Waals surface area (Å²) in [4.78, 5) is 23.1. The number of benzene rings is 1. The second-order valence-corrected chi connectivity index (χ2v) is 7.68. The molecule has 0 radical (unpaired) electrons. The van der Waals surface area contributed by atoms with E-state index in [0.717, 1.165) is 16.6 Å². The standard InChI is InChI=1S/C20H15ClN6O2/c21-19-17-20(23-8-22-19)27(9-24-17)13-7-14(28)15-16(26-29-18(13)15)12-6-5-10-3-1-2-4-11(10)25-12/h1-6,8-9,13-15,18,28H,7H2/t13-,14+,15+,18+/m1/s1. The van der Waals surface area contributed by atoms with Crippen LogP contribution in [0.25, 0.3) is 22.1 Å². The van der Waals surface area contributed by atoms with E-state index in [2.05, 4.69) is 20.1 Å². The highest BCUT2D eigenvalue weighted by Gasteiger charge is 2.52. The van der Waals surface area contributed by atoms with Crippen molar-refractivity contribution in [1.29, 1.82) is 0 Å². The van der Waals surface area contributed by atoms with Crippen LogP contribution in [0.15, 0.2) is 54.2 Å². The van der Waals surface area contributed by atoms with Crippen molar-refractivity contribution in [2.75, 3.05) is 0 Å². The van der Waals surface area contributed by atoms with Crippen molar-refractivity contribution in [1.82, 2.24) is 24.5 Å². The van der Waals surface area contributed by atoms with Crippen LogP contribution in [0.2, 0.25) is 5.15 Å². The van der Waals surface area contributed by atoms with Gasteiger partial charge in [-0.1, -0.05) is 41.0 Å². The summed E-state index contributed by atoms with van der Waals surface area (Å²) in [6, 6.07) is 11.7. The third kappa shape index (κ3) is 2.46. The summed E-state index contributed by atoms with van der Waals surface area (Å²) < 4.78 is 1.89. The first-order valence-electron chi connectivity index (χ1n) is 9.31. The third-order valence-electron chi connectivity index (χ3n) is 5.75. The average molecular weight is 407 g/mol. The molecule has 29 heavy (non-hydrogen) atoms. The lowest BCUT2D eigenvalue weighted by Gasteiger charge is -2.18. The molecule has 6 rings (SSSR count). The summed E-state index contributed by atoms with van der Waals surface area (Å²) in [6.07, 6.45) is 2.62. The van der Waals surface area contributed by atoms with Gasteiger partial charge in [0.1, 0.15) is 17.6 Å². The van der Waals surface area contributed by atoms with Gasteiger partial charge in [0.15, 0.2) is 16.9 Å². The van der Waals surface area contributed by atoms with Crippen LogP contribution in [0.1, 0.15) is 18.2 Å². The van der Waals surface area contributed by atoms with Crippen molar-refractivity contribution < 1.29 is 9.94 Å². The Labute approximate surface area is 169 Å². The second kappa shape index (κ2) is 6.20. The molecule has 8 nitrogen and oxygen atoms in total. The molecule has 4 atom stereocenters. The van der Waals surface area contributed by atoms with Gasteiger partial charge in [0.2, 0.25) is 0 Å². The van der Waals surface area contributed by atoms with Gasteiger partial charge in [-0.25, -0.2) is 19.9 Å². The number of aliphatic hydroxyl groups excluding tert-OH is 1. The van der Waals surface area contributed by atoms with Crippen LogP contribution in [0.5, 0.6) is 0 Å². The number of fused-ring (bicyclic) bond motifs is 3. The van der Waals surface area contributed by atoms with E-state index >= 15 is 0 Å². The minimum Gasteiger partial charge on any atom is -0.392 e. The molecule has 1 N–H and O–H groups in total. The molecule has 1 aliphatic heterocycles. The average Bonchev–Trinajstić information content (AvgIpc) is 3.44. The number of aromatic nitrogens is 5. The molecule has 144 valence electrons. The van der Waals surface area contributed by atoms with Crippen LogP contribution in [0, 0.1) is 5.92 Å². The highest BCUT2D eigenvalue weighted by molar-refractivity contribution is 6.33. The van der Waals surface area contributed by atoms with E-state index in [9.17, 15) is 5.11 Å². The van der Waals surface area contributed by atoms with Crippen LogP contribution >= 0.6 is 11.6 Å². The largest absolute Gasteiger partial charge is 0.392 e. The molecule has 1 fully saturated rings. The maximum atomic E-state index is 10.9. The van der Waals surface area contributed by atoms with E-state index in [1.165, 1.54) is 6.33 Å². The number of aliphatic hydroxyl groups is 1. The number of pyridine rings is 1. The highest BCUT2D eigenvalue weighted by atomic mass is 35.5. The molecule has 4 heterocycles. The zero-order chi connectivity index (χ0) is 19.5. The van der Waals surface area contributed by atoms with E-state index in [0.29, 0.717) is 28.4 Å². The Bertz CT molecular complexity index is 1290. The Morgan fingerprint density at radius 3 is 2.93 bits per heavy atom. The monoisotopic (exact) mass is 406 g/mol. The Kier molecular flexibility index (Phi) is 3.60. The molecule has 0 saturated heterocycles. The van der Waals surface area contributed by atoms with Gasteiger partial charge in [0.25, 0.3) is 0 Å². The van der Waals surface area contributed by atoms with E-state index < -0.39 is 6.10 Å². The van der Waals surface area contributed by atoms with Crippen LogP contribution in [-0.4, -0.2) is 47.5 Å². The first kappa shape index (κ1) is 16.8. The summed E-state index contributed by atoms with van der Waals surface area (Å²) in [6.45, 7) is 0. The van der Waals surface area contributed by atoms with Gasteiger partial charge in [0.05, 0.1) is 35.6 Å². The fourth-order valence-corrected chi connectivity index (χ4v) is 4.58. The minimum absolute atomic E-state index is 0.173. The van der Waals surface area contributed by atoms with Gasteiger partial charge in [0, 0.05) is 5.39 Å². The topological polar surface area (TPSA) is 98.3 Å². The molecule has 1 aliphatic carbocycles. The lowest BCUT2D eigenvalue weighted by molar-refractivity contribution is 0.0380. The van der Waals surface area contributed by atoms with Crippen LogP contribution < -0.4 is 0 Å². The van der Waals surface area contributed by atoms with Crippen molar-refractivity contribution in [3.8, 4) is 0 Å². The molecule has 1 saturated carbocycles. The maximum absolute atomic E-state index is 10.9. The molecule has 4 aromatic rings. The van der Waals surface area contributed by atoms with Gasteiger partial charge in [-0.15, -0.1) is 0 Å². The van der Waals surface area contributed by atoms with Crippen molar-refractivity contribution in [2.45, 2.75) is 24.7 Å². The normalized spacial score (nSPS) is 25.9. The Balaban J connectivity index is 1.38. The summed E-state index contributed by atoms with van der Waals surface area (Å²) in [7, 11) is 0. The van der Waals surface area contributed by atoms with Crippen molar-refractivity contribution >= 4 is 39.4 Å². The number of imidazole rings is 1. The molecule has 0 spiro atoms. The number of rotatable bonds is 2. The number of hydrogen-bond acceptors (Lipinski definition) is 7. The Morgan fingerprint density at radius 1 is 1.10 bits per heavy atom. The predicted molar refractivity (Wildman–Crippen MR) is 107 cm³/mol. The summed E-state index contributed by atoms with van der Waals surface area (Å²) in [5.41, 5.74) is 3.42. The lowest BCUT2D eigenvalue weighted by atomic mass is 9.95. The van der Waals surface area contributed by atoms with E-state index in [1.54, 1.807) is 6.33 Å². The van der Waals surface area contributed by atoms with E-state index in [1.807, 2.05) is 41.0 Å². The number of halogens is 1. The van der Waals surface area contributed by atoms with Gasteiger partial charge in [-0.2, -0.15) is 0 Å². The van der Waals surface area contributed by atoms with Gasteiger partial charge in [-0.05, 0) is 18.6 Å². The molecule has 0 bridgehead atoms. The second-order valence-electron chi connectivity index (χ2n) is 7.32. The number of para-hydroxylation sites is 1. The fraction of sp³-hybridized carbons (Fsp3) is 0.250. The number of nitrogens with zero attached hydrogens (tertiary/aromatic N) is 6. The molecular formula is C20H15ClN6O2. The van der Waals surface area contributed by atoms with Crippen molar-refractivity contribution in [3.05, 3.63) is 59.9 Å². The molecule has 9 heteroatoms. The zero-order valence-corrected chi connectivity index (χ0v) is 15.8. The minimum atomic E-state index is -0.616. The third-order valence-corrected chi connectivity index (χ3v) is 6.03. The van der Waals surface area contributed by atoms with E-state index in [-0.39, 0.29) is 18.1 Å².